The number of carbonyl (C=O) groups is 3. The van der Waals surface area contributed by atoms with E-state index in [0.29, 0.717) is 0 Å². The average molecular weight is 619 g/mol. The molecular formula is C28H32F6N4O5. The van der Waals surface area contributed by atoms with Gasteiger partial charge in [0, 0.05) is 37.3 Å². The van der Waals surface area contributed by atoms with Crippen molar-refractivity contribution in [3.05, 3.63) is 53.6 Å². The fraction of sp³-hybridized carbons (Fsp3) is 0.464. The molecule has 1 aliphatic rings. The van der Waals surface area contributed by atoms with Crippen molar-refractivity contribution >= 4 is 29.2 Å². The number of ether oxygens (including phenoxy) is 1. The number of aliphatic hydroxyl groups is 1. The summed E-state index contributed by atoms with van der Waals surface area (Å²) in [6.45, 7) is 3.10. The van der Waals surface area contributed by atoms with Crippen molar-refractivity contribution in [3.8, 4) is 5.75 Å². The molecule has 3 rings (SSSR count). The normalized spacial score (nSPS) is 18.1. The number of halogens is 6. The summed E-state index contributed by atoms with van der Waals surface area (Å²) < 4.78 is 82.2. The molecule has 0 radical (unpaired) electrons. The van der Waals surface area contributed by atoms with Gasteiger partial charge < -0.3 is 30.3 Å². The molecule has 43 heavy (non-hydrogen) atoms. The van der Waals surface area contributed by atoms with E-state index in [0.717, 1.165) is 24.3 Å². The van der Waals surface area contributed by atoms with Gasteiger partial charge in [0.15, 0.2) is 0 Å². The molecule has 9 nitrogen and oxygen atoms in total. The van der Waals surface area contributed by atoms with Crippen LogP contribution in [0.25, 0.3) is 0 Å². The topological polar surface area (TPSA) is 111 Å². The maximum Gasteiger partial charge on any atom is 0.416 e. The molecule has 0 saturated heterocycles. The molecule has 0 fully saturated rings. The highest BCUT2D eigenvalue weighted by Crippen LogP contribution is 2.32. The van der Waals surface area contributed by atoms with Crippen LogP contribution in [0.2, 0.25) is 0 Å². The summed E-state index contributed by atoms with van der Waals surface area (Å²) in [7, 11) is 1.45. The van der Waals surface area contributed by atoms with E-state index < -0.39 is 60.7 Å². The Bertz CT molecular complexity index is 1300. The van der Waals surface area contributed by atoms with Gasteiger partial charge in [-0.3, -0.25) is 9.59 Å². The number of rotatable bonds is 8. The van der Waals surface area contributed by atoms with Crippen molar-refractivity contribution in [1.82, 2.24) is 9.80 Å². The molecule has 0 saturated carbocycles. The Hall–Kier alpha value is -4.01. The minimum absolute atomic E-state index is 0.0114. The summed E-state index contributed by atoms with van der Waals surface area (Å²) in [5.41, 5.74) is -0.671. The molecule has 1 aliphatic heterocycles. The van der Waals surface area contributed by atoms with E-state index in [2.05, 4.69) is 10.6 Å². The summed E-state index contributed by atoms with van der Waals surface area (Å²) in [5.74, 6) is -1.73. The lowest BCUT2D eigenvalue weighted by atomic mass is 9.99. The van der Waals surface area contributed by atoms with E-state index in [-0.39, 0.29) is 48.3 Å². The number of alkyl halides is 6. The first-order chi connectivity index (χ1) is 20.0. The predicted molar refractivity (Wildman–Crippen MR) is 145 cm³/mol. The lowest BCUT2D eigenvalue weighted by molar-refractivity contribution is -0.142. The minimum atomic E-state index is -4.52. The van der Waals surface area contributed by atoms with Gasteiger partial charge in [-0.1, -0.05) is 6.92 Å². The number of hydrogen-bond acceptors (Lipinski definition) is 5. The maximum atomic E-state index is 13.5. The largest absolute Gasteiger partial charge is 0.487 e. The van der Waals surface area contributed by atoms with Gasteiger partial charge in [0.2, 0.25) is 5.91 Å². The SMILES string of the molecule is C[C@@H]1CN([C@H](C)CO)C(=O)c2cc(NC(=O)CCC(F)(F)F)ccc2O[C@H]1CN(C)C(=O)Nc1ccc(C(F)(F)F)cc1. The summed E-state index contributed by atoms with van der Waals surface area (Å²) >= 11 is 0. The van der Waals surface area contributed by atoms with Crippen LogP contribution in [0.15, 0.2) is 42.5 Å². The standard InChI is InChI=1S/C28H32F6N4O5/c1-16-13-38(17(2)15-39)25(41)21-12-20(35-24(40)10-11-27(29,30)31)8-9-22(21)43-23(16)14-37(3)26(42)36-19-6-4-18(5-7-19)28(32,33)34/h4-9,12,16-17,23,39H,10-11,13-15H2,1-3H3,(H,35,40)(H,36,42)/t16-,17-,23+/m1/s1. The van der Waals surface area contributed by atoms with Crippen LogP contribution in [0.1, 0.15) is 42.6 Å². The number of likely N-dealkylation sites (N-methyl/N-ethyl adjacent to an activating group) is 1. The highest BCUT2D eigenvalue weighted by molar-refractivity contribution is 6.00. The second kappa shape index (κ2) is 13.5. The molecule has 0 spiro atoms. The van der Waals surface area contributed by atoms with E-state index in [1.807, 2.05) is 0 Å². The molecule has 0 bridgehead atoms. The number of nitrogens with zero attached hydrogens (tertiary/aromatic N) is 2. The Morgan fingerprint density at radius 2 is 1.70 bits per heavy atom. The van der Waals surface area contributed by atoms with Gasteiger partial charge in [-0.05, 0) is 49.4 Å². The van der Waals surface area contributed by atoms with E-state index >= 15 is 0 Å². The number of fused-ring (bicyclic) bond motifs is 1. The first-order valence-corrected chi connectivity index (χ1v) is 13.3. The number of hydrogen-bond donors (Lipinski definition) is 3. The lowest BCUT2D eigenvalue weighted by Crippen LogP contribution is -2.50. The molecule has 3 N–H and O–H groups in total. The molecule has 0 aromatic heterocycles. The third kappa shape index (κ3) is 9.24. The smallest absolute Gasteiger partial charge is 0.416 e. The molecular weight excluding hydrogens is 586 g/mol. The molecule has 2 aromatic carbocycles. The number of anilines is 2. The monoisotopic (exact) mass is 618 g/mol. The predicted octanol–water partition coefficient (Wildman–Crippen LogP) is 5.37. The average Bonchev–Trinajstić information content (AvgIpc) is 2.93. The zero-order valence-corrected chi connectivity index (χ0v) is 23.6. The third-order valence-electron chi connectivity index (χ3n) is 6.85. The molecule has 3 atom stereocenters. The van der Waals surface area contributed by atoms with Crippen LogP contribution in [0.4, 0.5) is 42.5 Å². The second-order valence-electron chi connectivity index (χ2n) is 10.4. The number of aliphatic hydroxyl groups excluding tert-OH is 1. The number of carbonyl (C=O) groups excluding carboxylic acids is 3. The molecule has 236 valence electrons. The first-order valence-electron chi connectivity index (χ1n) is 13.3. The summed E-state index contributed by atoms with van der Waals surface area (Å²) in [6.07, 6.45) is -11.9. The van der Waals surface area contributed by atoms with Gasteiger partial charge >= 0.3 is 18.4 Å². The Balaban J connectivity index is 1.81. The quantitative estimate of drug-likeness (QED) is 0.345. The van der Waals surface area contributed by atoms with Crippen LogP contribution >= 0.6 is 0 Å². The Labute approximate surface area is 243 Å². The molecule has 1 heterocycles. The molecule has 0 unspecified atom stereocenters. The maximum absolute atomic E-state index is 13.5. The van der Waals surface area contributed by atoms with Crippen LogP contribution in [-0.2, 0) is 11.0 Å². The van der Waals surface area contributed by atoms with Gasteiger partial charge in [-0.25, -0.2) is 4.79 Å². The van der Waals surface area contributed by atoms with Crippen molar-refractivity contribution in [2.75, 3.05) is 37.4 Å². The number of benzene rings is 2. The zero-order valence-electron chi connectivity index (χ0n) is 23.6. The highest BCUT2D eigenvalue weighted by atomic mass is 19.4. The molecule has 0 aliphatic carbocycles. The van der Waals surface area contributed by atoms with Gasteiger partial charge in [-0.15, -0.1) is 0 Å². The van der Waals surface area contributed by atoms with Crippen molar-refractivity contribution in [2.24, 2.45) is 5.92 Å². The summed E-state index contributed by atoms with van der Waals surface area (Å²) in [4.78, 5) is 41.0. The van der Waals surface area contributed by atoms with Crippen LogP contribution in [0.5, 0.6) is 5.75 Å². The van der Waals surface area contributed by atoms with E-state index in [1.165, 1.54) is 35.0 Å². The highest BCUT2D eigenvalue weighted by Gasteiger charge is 2.35. The van der Waals surface area contributed by atoms with Crippen molar-refractivity contribution in [1.29, 1.82) is 0 Å². The van der Waals surface area contributed by atoms with E-state index in [4.69, 9.17) is 4.74 Å². The molecule has 2 aromatic rings. The Kier molecular flexibility index (Phi) is 10.5. The zero-order chi connectivity index (χ0) is 32.1. The fourth-order valence-electron chi connectivity index (χ4n) is 4.31. The van der Waals surface area contributed by atoms with E-state index in [1.54, 1.807) is 13.8 Å². The Morgan fingerprint density at radius 3 is 2.28 bits per heavy atom. The first kappa shape index (κ1) is 33.5. The van der Waals surface area contributed by atoms with Crippen LogP contribution in [0, 0.1) is 5.92 Å². The second-order valence-corrected chi connectivity index (χ2v) is 10.4. The summed E-state index contributed by atoms with van der Waals surface area (Å²) in [6, 6.07) is 6.68. The van der Waals surface area contributed by atoms with Gasteiger partial charge in [0.25, 0.3) is 5.91 Å². The van der Waals surface area contributed by atoms with Crippen molar-refractivity contribution in [3.63, 3.8) is 0 Å². The number of urea groups is 1. The lowest BCUT2D eigenvalue weighted by Gasteiger charge is -2.38. The van der Waals surface area contributed by atoms with Crippen molar-refractivity contribution < 1.29 is 50.6 Å². The van der Waals surface area contributed by atoms with Gasteiger partial charge in [-0.2, -0.15) is 26.3 Å². The third-order valence-corrected chi connectivity index (χ3v) is 6.85. The molecule has 15 heteroatoms. The van der Waals surface area contributed by atoms with Crippen LogP contribution in [-0.4, -0.2) is 77.8 Å². The Morgan fingerprint density at radius 1 is 1.07 bits per heavy atom. The van der Waals surface area contributed by atoms with Gasteiger partial charge in [0.05, 0.1) is 36.7 Å². The fourth-order valence-corrected chi connectivity index (χ4v) is 4.31. The van der Waals surface area contributed by atoms with Crippen LogP contribution < -0.4 is 15.4 Å². The summed E-state index contributed by atoms with van der Waals surface area (Å²) in [5, 5.41) is 14.6. The minimum Gasteiger partial charge on any atom is -0.487 e. The number of nitrogens with one attached hydrogen (secondary N) is 2. The number of amides is 4. The molecule has 4 amide bonds. The van der Waals surface area contributed by atoms with Crippen molar-refractivity contribution in [2.45, 2.75) is 51.2 Å². The van der Waals surface area contributed by atoms with Gasteiger partial charge in [0.1, 0.15) is 11.9 Å². The van der Waals surface area contributed by atoms with E-state index in [9.17, 15) is 45.8 Å². The van der Waals surface area contributed by atoms with Crippen LogP contribution in [0.3, 0.4) is 0 Å².